The number of hydrogen-bond donors (Lipinski definition) is 0. The van der Waals surface area contributed by atoms with Crippen LogP contribution in [-0.2, 0) is 13.0 Å². The predicted molar refractivity (Wildman–Crippen MR) is 107 cm³/mol. The summed E-state index contributed by atoms with van der Waals surface area (Å²) in [5.41, 5.74) is 2.89. The van der Waals surface area contributed by atoms with Gasteiger partial charge in [-0.2, -0.15) is 0 Å². The largest absolute Gasteiger partial charge is 0.497 e. The van der Waals surface area contributed by atoms with Crippen molar-refractivity contribution in [3.63, 3.8) is 0 Å². The van der Waals surface area contributed by atoms with E-state index in [9.17, 15) is 4.79 Å². The lowest BCUT2D eigenvalue weighted by Crippen LogP contribution is -2.35. The van der Waals surface area contributed by atoms with Gasteiger partial charge in [-0.1, -0.05) is 12.1 Å². The predicted octanol–water partition coefficient (Wildman–Crippen LogP) is 4.78. The molecule has 0 saturated carbocycles. The molecule has 0 atom stereocenters. The Labute approximate surface area is 164 Å². The first kappa shape index (κ1) is 17.2. The van der Waals surface area contributed by atoms with Crippen LogP contribution in [-0.4, -0.2) is 29.4 Å². The average molecular weight is 429 g/mol. The molecule has 0 aliphatic carbocycles. The SMILES string of the molecule is COc1ccc(-c2nc3c(s2)CN(C(=O)c2ccccc2Br)CC3)cc1. The summed E-state index contributed by atoms with van der Waals surface area (Å²) in [7, 11) is 1.66. The van der Waals surface area contributed by atoms with E-state index >= 15 is 0 Å². The summed E-state index contributed by atoms with van der Waals surface area (Å²) in [5.74, 6) is 0.891. The quantitative estimate of drug-likeness (QED) is 0.602. The molecule has 4 nitrogen and oxygen atoms in total. The van der Waals surface area contributed by atoms with Gasteiger partial charge in [0.15, 0.2) is 0 Å². The molecule has 132 valence electrons. The monoisotopic (exact) mass is 428 g/mol. The number of carbonyl (C=O) groups is 1. The van der Waals surface area contributed by atoms with Crippen molar-refractivity contribution >= 4 is 33.2 Å². The Balaban J connectivity index is 1.56. The topological polar surface area (TPSA) is 42.4 Å². The summed E-state index contributed by atoms with van der Waals surface area (Å²) in [4.78, 5) is 20.7. The minimum atomic E-state index is 0.0579. The van der Waals surface area contributed by atoms with Gasteiger partial charge in [0.05, 0.1) is 24.9 Å². The molecule has 2 aromatic carbocycles. The number of thiazole rings is 1. The Morgan fingerprint density at radius 2 is 1.96 bits per heavy atom. The molecule has 4 rings (SSSR count). The summed E-state index contributed by atoms with van der Waals surface area (Å²) in [6.07, 6.45) is 0.790. The fourth-order valence-corrected chi connectivity index (χ4v) is 4.61. The van der Waals surface area contributed by atoms with Crippen molar-refractivity contribution in [2.45, 2.75) is 13.0 Å². The molecule has 0 spiro atoms. The summed E-state index contributed by atoms with van der Waals surface area (Å²) >= 11 is 5.14. The summed E-state index contributed by atoms with van der Waals surface area (Å²) in [6, 6.07) is 15.5. The Morgan fingerprint density at radius 3 is 2.69 bits per heavy atom. The first-order valence-corrected chi connectivity index (χ1v) is 9.93. The van der Waals surface area contributed by atoms with Gasteiger partial charge in [0.25, 0.3) is 5.91 Å². The van der Waals surface area contributed by atoms with Gasteiger partial charge in [0.2, 0.25) is 0 Å². The molecule has 0 fully saturated rings. The minimum Gasteiger partial charge on any atom is -0.497 e. The fraction of sp³-hybridized carbons (Fsp3) is 0.200. The normalized spacial score (nSPS) is 13.4. The summed E-state index contributed by atoms with van der Waals surface area (Å²) in [5, 5.41) is 0.993. The van der Waals surface area contributed by atoms with Gasteiger partial charge in [-0.25, -0.2) is 4.98 Å². The Morgan fingerprint density at radius 1 is 1.19 bits per heavy atom. The molecule has 0 saturated heterocycles. The molecule has 2 heterocycles. The highest BCUT2D eigenvalue weighted by Gasteiger charge is 2.26. The number of benzene rings is 2. The van der Waals surface area contributed by atoms with Crippen LogP contribution in [0.1, 0.15) is 20.9 Å². The third kappa shape index (κ3) is 3.27. The third-order valence-corrected chi connectivity index (χ3v) is 6.28. The van der Waals surface area contributed by atoms with Crippen LogP contribution >= 0.6 is 27.3 Å². The summed E-state index contributed by atoms with van der Waals surface area (Å²) < 4.78 is 6.05. The van der Waals surface area contributed by atoms with Crippen molar-refractivity contribution in [2.24, 2.45) is 0 Å². The van der Waals surface area contributed by atoms with Gasteiger partial charge in [0.1, 0.15) is 10.8 Å². The zero-order valence-corrected chi connectivity index (χ0v) is 16.6. The molecule has 3 aromatic rings. The molecule has 1 aromatic heterocycles. The van der Waals surface area contributed by atoms with Crippen LogP contribution < -0.4 is 4.74 Å². The molecule has 0 bridgehead atoms. The van der Waals surface area contributed by atoms with Crippen molar-refractivity contribution in [1.82, 2.24) is 9.88 Å². The number of nitrogens with zero attached hydrogens (tertiary/aromatic N) is 2. The Bertz CT molecular complexity index is 953. The van der Waals surface area contributed by atoms with Crippen LogP contribution in [0, 0.1) is 0 Å². The van der Waals surface area contributed by atoms with Crippen molar-refractivity contribution in [1.29, 1.82) is 0 Å². The molecular formula is C20H17BrN2O2S. The van der Waals surface area contributed by atoms with E-state index in [0.29, 0.717) is 18.7 Å². The van der Waals surface area contributed by atoms with Crippen LogP contribution in [0.3, 0.4) is 0 Å². The van der Waals surface area contributed by atoms with E-state index in [0.717, 1.165) is 32.9 Å². The van der Waals surface area contributed by atoms with Gasteiger partial charge >= 0.3 is 0 Å². The second-order valence-electron chi connectivity index (χ2n) is 6.07. The molecule has 6 heteroatoms. The van der Waals surface area contributed by atoms with Crippen molar-refractivity contribution < 1.29 is 9.53 Å². The van der Waals surface area contributed by atoms with Crippen molar-refractivity contribution in [3.05, 3.63) is 69.1 Å². The van der Waals surface area contributed by atoms with Crippen LogP contribution in [0.5, 0.6) is 5.75 Å². The zero-order valence-electron chi connectivity index (χ0n) is 14.2. The van der Waals surface area contributed by atoms with Crippen LogP contribution in [0.2, 0.25) is 0 Å². The fourth-order valence-electron chi connectivity index (χ4n) is 3.03. The van der Waals surface area contributed by atoms with Gasteiger partial charge < -0.3 is 9.64 Å². The second kappa shape index (κ2) is 7.21. The maximum atomic E-state index is 12.8. The molecule has 0 unspecified atom stereocenters. The van der Waals surface area contributed by atoms with Gasteiger partial charge in [0, 0.05) is 27.9 Å². The van der Waals surface area contributed by atoms with Crippen LogP contribution in [0.25, 0.3) is 10.6 Å². The van der Waals surface area contributed by atoms with Gasteiger partial charge in [-0.05, 0) is 52.3 Å². The van der Waals surface area contributed by atoms with E-state index in [1.54, 1.807) is 18.4 Å². The van der Waals surface area contributed by atoms with E-state index in [2.05, 4.69) is 15.9 Å². The standard InChI is InChI=1S/C20H17BrN2O2S/c1-25-14-8-6-13(7-9-14)19-22-17-10-11-23(12-18(17)26-19)20(24)15-4-2-3-5-16(15)21/h2-9H,10-12H2,1H3. The number of fused-ring (bicyclic) bond motifs is 1. The number of halogens is 1. The van der Waals surface area contributed by atoms with Crippen molar-refractivity contribution in [2.75, 3.05) is 13.7 Å². The van der Waals surface area contributed by atoms with E-state index in [1.807, 2.05) is 53.4 Å². The Hall–Kier alpha value is -2.18. The molecule has 0 radical (unpaired) electrons. The van der Waals surface area contributed by atoms with Gasteiger partial charge in [-0.3, -0.25) is 4.79 Å². The Kier molecular flexibility index (Phi) is 4.78. The maximum Gasteiger partial charge on any atom is 0.255 e. The number of amides is 1. The lowest BCUT2D eigenvalue weighted by atomic mass is 10.1. The molecule has 0 N–H and O–H groups in total. The lowest BCUT2D eigenvalue weighted by molar-refractivity contribution is 0.0735. The number of carbonyl (C=O) groups excluding carboxylic acids is 1. The van der Waals surface area contributed by atoms with E-state index < -0.39 is 0 Å². The first-order valence-electron chi connectivity index (χ1n) is 8.32. The number of ether oxygens (including phenoxy) is 1. The molecule has 26 heavy (non-hydrogen) atoms. The van der Waals surface area contributed by atoms with Gasteiger partial charge in [-0.15, -0.1) is 11.3 Å². The summed E-state index contributed by atoms with van der Waals surface area (Å²) in [6.45, 7) is 1.31. The molecule has 1 aliphatic heterocycles. The average Bonchev–Trinajstić information content (AvgIpc) is 3.11. The smallest absolute Gasteiger partial charge is 0.255 e. The molecular weight excluding hydrogens is 412 g/mol. The molecule has 1 amide bonds. The van der Waals surface area contributed by atoms with E-state index in [4.69, 9.17) is 9.72 Å². The number of aromatic nitrogens is 1. The maximum absolute atomic E-state index is 12.8. The minimum absolute atomic E-state index is 0.0579. The van der Waals surface area contributed by atoms with Crippen LogP contribution in [0.15, 0.2) is 53.0 Å². The molecule has 1 aliphatic rings. The zero-order chi connectivity index (χ0) is 18.1. The van der Waals surface area contributed by atoms with E-state index in [-0.39, 0.29) is 5.91 Å². The highest BCUT2D eigenvalue weighted by atomic mass is 79.9. The van der Waals surface area contributed by atoms with E-state index in [1.165, 1.54) is 4.88 Å². The number of methoxy groups -OCH3 is 1. The number of hydrogen-bond acceptors (Lipinski definition) is 4. The highest BCUT2D eigenvalue weighted by molar-refractivity contribution is 9.10. The third-order valence-electron chi connectivity index (χ3n) is 4.46. The lowest BCUT2D eigenvalue weighted by Gasteiger charge is -2.26. The second-order valence-corrected chi connectivity index (χ2v) is 8.01. The highest BCUT2D eigenvalue weighted by Crippen LogP contribution is 2.33. The van der Waals surface area contributed by atoms with Crippen LogP contribution in [0.4, 0.5) is 0 Å². The number of rotatable bonds is 3. The van der Waals surface area contributed by atoms with Crippen molar-refractivity contribution in [3.8, 4) is 16.3 Å². The first-order chi connectivity index (χ1) is 12.7.